The molecule has 1 amide bonds. The zero-order valence-electron chi connectivity index (χ0n) is 12.4. The molecule has 1 aromatic carbocycles. The van der Waals surface area contributed by atoms with Gasteiger partial charge in [0, 0.05) is 30.1 Å². The minimum absolute atomic E-state index is 0.0507. The molecule has 0 aliphatic carbocycles. The van der Waals surface area contributed by atoms with Crippen molar-refractivity contribution in [1.82, 2.24) is 9.80 Å². The Hall–Kier alpha value is -0.870. The Bertz CT molecular complexity index is 440. The van der Waals surface area contributed by atoms with Crippen molar-refractivity contribution in [2.24, 2.45) is 0 Å². The van der Waals surface area contributed by atoms with Gasteiger partial charge in [-0.25, -0.2) is 0 Å². The van der Waals surface area contributed by atoms with Gasteiger partial charge >= 0.3 is 0 Å². The Labute approximate surface area is 124 Å². The fourth-order valence-electron chi connectivity index (χ4n) is 1.58. The summed E-state index contributed by atoms with van der Waals surface area (Å²) in [5.41, 5.74) is 0.834. The van der Waals surface area contributed by atoms with E-state index >= 15 is 0 Å². The van der Waals surface area contributed by atoms with Crippen molar-refractivity contribution < 1.29 is 4.79 Å². The number of carbonyl (C=O) groups is 1. The first-order valence-corrected chi connectivity index (χ1v) is 7.24. The predicted octanol–water partition coefficient (Wildman–Crippen LogP) is 3.25. The monoisotopic (exact) mass is 326 g/mol. The van der Waals surface area contributed by atoms with Crippen molar-refractivity contribution in [2.45, 2.75) is 26.3 Å². The summed E-state index contributed by atoms with van der Waals surface area (Å²) >= 11 is 3.42. The van der Waals surface area contributed by atoms with Gasteiger partial charge in [0.15, 0.2) is 0 Å². The van der Waals surface area contributed by atoms with Crippen LogP contribution in [0.5, 0.6) is 0 Å². The molecule has 0 aromatic heterocycles. The van der Waals surface area contributed by atoms with Crippen LogP contribution in [0.2, 0.25) is 0 Å². The smallest absolute Gasteiger partial charge is 0.254 e. The van der Waals surface area contributed by atoms with E-state index in [0.717, 1.165) is 11.0 Å². The molecule has 19 heavy (non-hydrogen) atoms. The summed E-state index contributed by atoms with van der Waals surface area (Å²) in [6.07, 6.45) is 0. The van der Waals surface area contributed by atoms with Crippen molar-refractivity contribution >= 4 is 21.8 Å². The van der Waals surface area contributed by atoms with Gasteiger partial charge in [-0.05, 0) is 55.9 Å². The van der Waals surface area contributed by atoms with E-state index in [4.69, 9.17) is 0 Å². The van der Waals surface area contributed by atoms with E-state index in [1.165, 1.54) is 0 Å². The summed E-state index contributed by atoms with van der Waals surface area (Å²) in [5.74, 6) is 0.0507. The van der Waals surface area contributed by atoms with E-state index in [1.54, 1.807) is 4.90 Å². The Morgan fingerprint density at radius 1 is 1.16 bits per heavy atom. The minimum atomic E-state index is 0.0507. The lowest BCUT2D eigenvalue weighted by Crippen LogP contribution is -2.43. The summed E-state index contributed by atoms with van der Waals surface area (Å²) in [6, 6.07) is 7.53. The maximum atomic E-state index is 12.3. The van der Waals surface area contributed by atoms with E-state index in [2.05, 4.69) is 48.6 Å². The molecule has 1 rings (SSSR count). The molecule has 0 spiro atoms. The second-order valence-electron chi connectivity index (χ2n) is 5.80. The number of benzene rings is 1. The molecule has 0 N–H and O–H groups in total. The van der Waals surface area contributed by atoms with E-state index in [-0.39, 0.29) is 11.4 Å². The molecular formula is C15H23BrN2O. The summed E-state index contributed by atoms with van der Waals surface area (Å²) in [5, 5.41) is 0. The second kappa shape index (κ2) is 6.53. The Morgan fingerprint density at radius 3 is 2.26 bits per heavy atom. The molecule has 0 unspecified atom stereocenters. The van der Waals surface area contributed by atoms with E-state index < -0.39 is 0 Å². The van der Waals surface area contributed by atoms with Gasteiger partial charge in [0.2, 0.25) is 0 Å². The number of halogens is 1. The maximum Gasteiger partial charge on any atom is 0.254 e. The van der Waals surface area contributed by atoms with E-state index in [0.29, 0.717) is 12.1 Å². The Balaban J connectivity index is 2.62. The van der Waals surface area contributed by atoms with Gasteiger partial charge in [-0.15, -0.1) is 0 Å². The first-order chi connectivity index (χ1) is 8.73. The van der Waals surface area contributed by atoms with Crippen molar-refractivity contribution in [3.05, 3.63) is 34.3 Å². The first kappa shape index (κ1) is 16.2. The molecule has 0 radical (unpaired) electrons. The molecule has 3 nitrogen and oxygen atoms in total. The van der Waals surface area contributed by atoms with Gasteiger partial charge in [0.25, 0.3) is 5.91 Å². The third kappa shape index (κ3) is 4.62. The van der Waals surface area contributed by atoms with E-state index in [9.17, 15) is 4.79 Å². The largest absolute Gasteiger partial charge is 0.340 e. The van der Waals surface area contributed by atoms with Crippen LogP contribution in [-0.2, 0) is 0 Å². The third-order valence-corrected chi connectivity index (χ3v) is 4.06. The summed E-state index contributed by atoms with van der Waals surface area (Å²) < 4.78 is 0.844. The minimum Gasteiger partial charge on any atom is -0.340 e. The predicted molar refractivity (Wildman–Crippen MR) is 83.5 cm³/mol. The van der Waals surface area contributed by atoms with Crippen LogP contribution in [0.3, 0.4) is 0 Å². The number of likely N-dealkylation sites (N-methyl/N-ethyl adjacent to an activating group) is 2. The molecule has 0 aliphatic rings. The zero-order valence-corrected chi connectivity index (χ0v) is 14.0. The molecule has 0 bridgehead atoms. The van der Waals surface area contributed by atoms with Crippen molar-refractivity contribution in [3.8, 4) is 0 Å². The van der Waals surface area contributed by atoms with Crippen LogP contribution < -0.4 is 0 Å². The Kier molecular flexibility index (Phi) is 5.56. The molecule has 0 fully saturated rings. The van der Waals surface area contributed by atoms with Crippen LogP contribution in [0.15, 0.2) is 28.7 Å². The topological polar surface area (TPSA) is 23.6 Å². The van der Waals surface area contributed by atoms with E-state index in [1.807, 2.05) is 31.3 Å². The summed E-state index contributed by atoms with van der Waals surface area (Å²) in [4.78, 5) is 16.3. The van der Waals surface area contributed by atoms with Crippen molar-refractivity contribution in [1.29, 1.82) is 0 Å². The fourth-order valence-corrected chi connectivity index (χ4v) is 2.03. The molecular weight excluding hydrogens is 304 g/mol. The van der Waals surface area contributed by atoms with Gasteiger partial charge in [0.1, 0.15) is 0 Å². The molecule has 0 saturated heterocycles. The summed E-state index contributed by atoms with van der Waals surface area (Å²) in [7, 11) is 3.93. The SMILES string of the molecule is CN(CCN(C)C(C)(C)C)C(=O)c1ccccc1Br. The van der Waals surface area contributed by atoms with Crippen LogP contribution in [0.1, 0.15) is 31.1 Å². The molecule has 0 heterocycles. The highest BCUT2D eigenvalue weighted by Crippen LogP contribution is 2.17. The molecule has 0 aliphatic heterocycles. The fraction of sp³-hybridized carbons (Fsp3) is 0.533. The number of hydrogen-bond acceptors (Lipinski definition) is 2. The third-order valence-electron chi connectivity index (χ3n) is 3.37. The van der Waals surface area contributed by atoms with Crippen LogP contribution in [0, 0.1) is 0 Å². The van der Waals surface area contributed by atoms with Gasteiger partial charge in [-0.2, -0.15) is 0 Å². The lowest BCUT2D eigenvalue weighted by Gasteiger charge is -2.33. The molecule has 4 heteroatoms. The lowest BCUT2D eigenvalue weighted by atomic mass is 10.1. The van der Waals surface area contributed by atoms with Crippen LogP contribution in [-0.4, -0.2) is 48.4 Å². The second-order valence-corrected chi connectivity index (χ2v) is 6.65. The molecule has 0 atom stereocenters. The number of carbonyl (C=O) groups excluding carboxylic acids is 1. The Morgan fingerprint density at radius 2 is 1.74 bits per heavy atom. The highest BCUT2D eigenvalue weighted by molar-refractivity contribution is 9.10. The number of rotatable bonds is 4. The lowest BCUT2D eigenvalue weighted by molar-refractivity contribution is 0.0756. The number of nitrogens with zero attached hydrogens (tertiary/aromatic N) is 2. The molecule has 106 valence electrons. The number of amides is 1. The molecule has 1 aromatic rings. The van der Waals surface area contributed by atoms with Gasteiger partial charge in [0.05, 0.1) is 5.56 Å². The van der Waals surface area contributed by atoms with Gasteiger partial charge in [-0.3, -0.25) is 9.69 Å². The first-order valence-electron chi connectivity index (χ1n) is 6.44. The zero-order chi connectivity index (χ0) is 14.6. The van der Waals surface area contributed by atoms with Gasteiger partial charge < -0.3 is 4.90 Å². The quantitative estimate of drug-likeness (QED) is 0.847. The average Bonchev–Trinajstić information content (AvgIpc) is 2.34. The average molecular weight is 327 g/mol. The standard InChI is InChI=1S/C15H23BrN2O/c1-15(2,3)18(5)11-10-17(4)14(19)12-8-6-7-9-13(12)16/h6-9H,10-11H2,1-5H3. The normalized spacial score (nSPS) is 11.7. The van der Waals surface area contributed by atoms with Crippen LogP contribution >= 0.6 is 15.9 Å². The van der Waals surface area contributed by atoms with Crippen molar-refractivity contribution in [2.75, 3.05) is 27.2 Å². The highest BCUT2D eigenvalue weighted by atomic mass is 79.9. The van der Waals surface area contributed by atoms with Crippen LogP contribution in [0.25, 0.3) is 0 Å². The van der Waals surface area contributed by atoms with Crippen LogP contribution in [0.4, 0.5) is 0 Å². The maximum absolute atomic E-state index is 12.3. The highest BCUT2D eigenvalue weighted by Gasteiger charge is 2.19. The number of hydrogen-bond donors (Lipinski definition) is 0. The summed E-state index contributed by atoms with van der Waals surface area (Å²) in [6.45, 7) is 8.08. The van der Waals surface area contributed by atoms with Crippen molar-refractivity contribution in [3.63, 3.8) is 0 Å². The molecule has 0 saturated carbocycles. The van der Waals surface area contributed by atoms with Gasteiger partial charge in [-0.1, -0.05) is 12.1 Å².